The van der Waals surface area contributed by atoms with E-state index in [0.29, 0.717) is 0 Å². The Hall–Kier alpha value is -2.31. The summed E-state index contributed by atoms with van der Waals surface area (Å²) in [5, 5.41) is 20.4. The molecule has 2 aliphatic rings. The van der Waals surface area contributed by atoms with E-state index >= 15 is 0 Å². The average Bonchev–Trinajstić information content (AvgIpc) is 3.19. The van der Waals surface area contributed by atoms with Gasteiger partial charge in [0, 0.05) is 25.1 Å². The fraction of sp³-hybridized carbons (Fsp3) is 0.350. The second-order valence-electron chi connectivity index (χ2n) is 7.09. The smallest absolute Gasteiger partial charge is 0.257 e. The van der Waals surface area contributed by atoms with E-state index < -0.39 is 29.1 Å². The van der Waals surface area contributed by atoms with Gasteiger partial charge in [0.15, 0.2) is 11.6 Å². The minimum Gasteiger partial charge on any atom is -0.396 e. The van der Waals surface area contributed by atoms with Gasteiger partial charge < -0.3 is 15.1 Å². The Kier molecular flexibility index (Phi) is 4.04. The largest absolute Gasteiger partial charge is 0.396 e. The minimum atomic E-state index is -1.18. The van der Waals surface area contributed by atoms with E-state index in [4.69, 9.17) is 0 Å². The lowest BCUT2D eigenvalue weighted by Gasteiger charge is -2.17. The van der Waals surface area contributed by atoms with Crippen molar-refractivity contribution in [1.82, 2.24) is 4.90 Å². The number of halogens is 2. The van der Waals surface area contributed by atoms with Crippen LogP contribution >= 0.6 is 0 Å². The van der Waals surface area contributed by atoms with Crippen LogP contribution < -0.4 is 0 Å². The molecule has 1 heterocycles. The van der Waals surface area contributed by atoms with Gasteiger partial charge >= 0.3 is 0 Å². The highest BCUT2D eigenvalue weighted by Crippen LogP contribution is 2.68. The molecule has 1 aliphatic heterocycles. The van der Waals surface area contributed by atoms with Crippen LogP contribution in [-0.4, -0.2) is 46.8 Å². The third-order valence-electron chi connectivity index (χ3n) is 5.87. The topological polar surface area (TPSA) is 60.8 Å². The number of rotatable bonds is 3. The molecule has 1 saturated heterocycles. The molecule has 1 amide bonds. The number of benzene rings is 2. The fourth-order valence-electron chi connectivity index (χ4n) is 4.56. The molecular weight excluding hydrogens is 340 g/mol. The van der Waals surface area contributed by atoms with Crippen LogP contribution in [-0.2, 0) is 0 Å². The molecule has 1 saturated carbocycles. The van der Waals surface area contributed by atoms with Crippen molar-refractivity contribution in [2.75, 3.05) is 19.7 Å². The number of amides is 1. The Morgan fingerprint density at radius 3 is 2.58 bits per heavy atom. The number of hydrogen-bond acceptors (Lipinski definition) is 3. The van der Waals surface area contributed by atoms with Crippen molar-refractivity contribution in [3.05, 3.63) is 71.3 Å². The number of aliphatic hydroxyl groups excluding tert-OH is 2. The summed E-state index contributed by atoms with van der Waals surface area (Å²) in [7, 11) is 0. The summed E-state index contributed by atoms with van der Waals surface area (Å²) >= 11 is 0. The third kappa shape index (κ3) is 2.36. The lowest BCUT2D eigenvalue weighted by atomic mass is 9.95. The molecule has 6 heteroatoms. The Labute approximate surface area is 149 Å². The molecule has 2 N–H and O–H groups in total. The van der Waals surface area contributed by atoms with Crippen molar-refractivity contribution < 1.29 is 23.8 Å². The fourth-order valence-corrected chi connectivity index (χ4v) is 4.56. The molecule has 136 valence electrons. The summed E-state index contributed by atoms with van der Waals surface area (Å²) in [6.45, 7) is 0.134. The van der Waals surface area contributed by atoms with Crippen molar-refractivity contribution in [3.63, 3.8) is 0 Å². The molecule has 0 aromatic heterocycles. The van der Waals surface area contributed by atoms with Gasteiger partial charge in [0.05, 0.1) is 11.7 Å². The molecule has 0 unspecified atom stereocenters. The highest BCUT2D eigenvalue weighted by atomic mass is 19.2. The number of nitrogens with zero attached hydrogens (tertiary/aromatic N) is 1. The molecule has 2 fully saturated rings. The Bertz CT molecular complexity index is 844. The first-order valence-corrected chi connectivity index (χ1v) is 8.58. The van der Waals surface area contributed by atoms with Gasteiger partial charge in [-0.3, -0.25) is 4.79 Å². The first kappa shape index (κ1) is 17.1. The summed E-state index contributed by atoms with van der Waals surface area (Å²) in [4.78, 5) is 14.0. The van der Waals surface area contributed by atoms with Gasteiger partial charge in [0.1, 0.15) is 0 Å². The first-order chi connectivity index (χ1) is 12.5. The van der Waals surface area contributed by atoms with E-state index in [0.717, 1.165) is 11.6 Å². The second-order valence-corrected chi connectivity index (χ2v) is 7.09. The maximum absolute atomic E-state index is 14.0. The normalized spacial score (nSPS) is 30.0. The van der Waals surface area contributed by atoms with Gasteiger partial charge in [-0.15, -0.1) is 0 Å². The lowest BCUT2D eigenvalue weighted by molar-refractivity contribution is 0.0758. The molecule has 2 aromatic rings. The molecule has 4 nitrogen and oxygen atoms in total. The van der Waals surface area contributed by atoms with Crippen molar-refractivity contribution in [2.45, 2.75) is 12.0 Å². The summed E-state index contributed by atoms with van der Waals surface area (Å²) < 4.78 is 27.4. The molecule has 2 aromatic carbocycles. The maximum atomic E-state index is 14.0. The first-order valence-electron chi connectivity index (χ1n) is 8.58. The van der Waals surface area contributed by atoms with Crippen molar-refractivity contribution in [2.24, 2.45) is 11.3 Å². The molecule has 1 aliphatic carbocycles. The molecule has 26 heavy (non-hydrogen) atoms. The lowest BCUT2D eigenvalue weighted by Crippen LogP contribution is -2.30. The van der Waals surface area contributed by atoms with E-state index in [-0.39, 0.29) is 37.1 Å². The zero-order valence-corrected chi connectivity index (χ0v) is 14.0. The van der Waals surface area contributed by atoms with Crippen LogP contribution in [0.1, 0.15) is 21.8 Å². The van der Waals surface area contributed by atoms with Gasteiger partial charge in [0.25, 0.3) is 5.91 Å². The SMILES string of the molecule is O=C(c1cccc(F)c1F)N1C[C@@H](O)[C@@]2(C1)[C@H](CO)[C@H]2c1ccccc1. The monoisotopic (exact) mass is 359 g/mol. The van der Waals surface area contributed by atoms with Crippen LogP contribution in [0.15, 0.2) is 48.5 Å². The molecular formula is C20H19F2NO3. The van der Waals surface area contributed by atoms with Gasteiger partial charge in [-0.05, 0) is 29.5 Å². The van der Waals surface area contributed by atoms with Crippen molar-refractivity contribution in [3.8, 4) is 0 Å². The number of carbonyl (C=O) groups is 1. The Balaban J connectivity index is 1.62. The number of carbonyl (C=O) groups excluding carboxylic acids is 1. The number of β-amino-alcohol motifs (C(OH)–C–C–N with tert-alkyl or cyclic N) is 1. The van der Waals surface area contributed by atoms with E-state index in [1.54, 1.807) is 0 Å². The molecule has 4 atom stereocenters. The molecule has 0 radical (unpaired) electrons. The summed E-state index contributed by atoms with van der Waals surface area (Å²) in [6.07, 6.45) is -0.828. The minimum absolute atomic E-state index is 0.0363. The van der Waals surface area contributed by atoms with Gasteiger partial charge in [-0.2, -0.15) is 0 Å². The van der Waals surface area contributed by atoms with Crippen LogP contribution in [0.25, 0.3) is 0 Å². The van der Waals surface area contributed by atoms with Gasteiger partial charge in [-0.1, -0.05) is 36.4 Å². The number of likely N-dealkylation sites (tertiary alicyclic amines) is 1. The van der Waals surface area contributed by atoms with Crippen LogP contribution in [0.3, 0.4) is 0 Å². The van der Waals surface area contributed by atoms with Gasteiger partial charge in [-0.25, -0.2) is 8.78 Å². The molecule has 1 spiro atoms. The van der Waals surface area contributed by atoms with Gasteiger partial charge in [0.2, 0.25) is 0 Å². The summed E-state index contributed by atoms with van der Waals surface area (Å²) in [6, 6.07) is 13.0. The van der Waals surface area contributed by atoms with Crippen molar-refractivity contribution >= 4 is 5.91 Å². The third-order valence-corrected chi connectivity index (χ3v) is 5.87. The predicted octanol–water partition coefficient (Wildman–Crippen LogP) is 2.17. The van der Waals surface area contributed by atoms with Crippen LogP contribution in [0, 0.1) is 23.0 Å². The van der Waals surface area contributed by atoms with E-state index in [1.807, 2.05) is 30.3 Å². The quantitative estimate of drug-likeness (QED) is 0.883. The van der Waals surface area contributed by atoms with E-state index in [9.17, 15) is 23.8 Å². The van der Waals surface area contributed by atoms with Crippen molar-refractivity contribution in [1.29, 1.82) is 0 Å². The second kappa shape index (κ2) is 6.14. The maximum Gasteiger partial charge on any atom is 0.257 e. The Morgan fingerprint density at radius 1 is 1.15 bits per heavy atom. The molecule has 0 bridgehead atoms. The Morgan fingerprint density at radius 2 is 1.88 bits per heavy atom. The highest BCUT2D eigenvalue weighted by Gasteiger charge is 2.71. The predicted molar refractivity (Wildman–Crippen MR) is 90.5 cm³/mol. The summed E-state index contributed by atoms with van der Waals surface area (Å²) in [5.41, 5.74) is 0.0128. The average molecular weight is 359 g/mol. The zero-order chi connectivity index (χ0) is 18.5. The summed E-state index contributed by atoms with van der Waals surface area (Å²) in [5.74, 6) is -3.14. The number of hydrogen-bond donors (Lipinski definition) is 2. The van der Waals surface area contributed by atoms with Crippen LogP contribution in [0.4, 0.5) is 8.78 Å². The van der Waals surface area contributed by atoms with E-state index in [1.165, 1.54) is 17.0 Å². The van der Waals surface area contributed by atoms with Crippen LogP contribution in [0.2, 0.25) is 0 Å². The highest BCUT2D eigenvalue weighted by molar-refractivity contribution is 5.95. The van der Waals surface area contributed by atoms with Crippen LogP contribution in [0.5, 0.6) is 0 Å². The van der Waals surface area contributed by atoms with E-state index in [2.05, 4.69) is 0 Å². The molecule has 4 rings (SSSR count). The standard InChI is InChI=1S/C20H19F2NO3/c21-15-8-4-7-13(18(15)22)19(26)23-9-16(25)20(11-23)14(10-24)17(20)12-5-2-1-3-6-12/h1-8,14,16-17,24-25H,9-11H2/t14-,16-,17-,20-/m1/s1. The zero-order valence-electron chi connectivity index (χ0n) is 14.0. The number of aliphatic hydroxyl groups is 2.